The average molecular weight is 278 g/mol. The van der Waals surface area contributed by atoms with E-state index in [9.17, 15) is 8.78 Å². The van der Waals surface area contributed by atoms with Crippen molar-refractivity contribution in [1.29, 1.82) is 0 Å². The summed E-state index contributed by atoms with van der Waals surface area (Å²) in [5, 5.41) is 3.95. The largest absolute Gasteiger partial charge is 0.474 e. The molecule has 0 bridgehead atoms. The number of methoxy groups -OCH3 is 1. The Hall–Kier alpha value is -1.17. The first-order chi connectivity index (χ1) is 9.08. The summed E-state index contributed by atoms with van der Waals surface area (Å²) in [6.07, 6.45) is 1.14. The molecule has 0 unspecified atom stereocenters. The lowest BCUT2D eigenvalue weighted by Gasteiger charge is -2.03. The highest BCUT2D eigenvalue weighted by atomic mass is 19.3. The van der Waals surface area contributed by atoms with E-state index in [0.29, 0.717) is 25.5 Å². The van der Waals surface area contributed by atoms with Gasteiger partial charge in [0.15, 0.2) is 0 Å². The number of ether oxygens (including phenoxy) is 2. The Bertz CT molecular complexity index is 330. The highest BCUT2D eigenvalue weighted by molar-refractivity contribution is 5.23. The van der Waals surface area contributed by atoms with Crippen molar-refractivity contribution in [3.8, 4) is 5.88 Å². The molecule has 0 amide bonds. The minimum Gasteiger partial charge on any atom is -0.474 e. The first-order valence-corrected chi connectivity index (χ1v) is 6.55. The van der Waals surface area contributed by atoms with E-state index in [-0.39, 0.29) is 0 Å². The molecule has 0 atom stereocenters. The second-order valence-corrected chi connectivity index (χ2v) is 3.97. The van der Waals surface area contributed by atoms with Gasteiger partial charge in [0, 0.05) is 18.9 Å². The SMILES string of the molecule is CCC.CCc1cn(CC(F)F)nc1OCCOC. The summed E-state index contributed by atoms with van der Waals surface area (Å²) in [5.41, 5.74) is 0.830. The number of rotatable bonds is 7. The van der Waals surface area contributed by atoms with Crippen LogP contribution in [0, 0.1) is 0 Å². The van der Waals surface area contributed by atoms with Crippen LogP contribution < -0.4 is 4.74 Å². The van der Waals surface area contributed by atoms with Crippen molar-refractivity contribution in [2.45, 2.75) is 46.6 Å². The summed E-state index contributed by atoms with van der Waals surface area (Å²) in [6.45, 7) is 6.59. The van der Waals surface area contributed by atoms with Crippen LogP contribution in [0.4, 0.5) is 8.78 Å². The molecular formula is C13H24F2N2O2. The molecule has 4 nitrogen and oxygen atoms in total. The van der Waals surface area contributed by atoms with Gasteiger partial charge in [0.2, 0.25) is 5.88 Å². The summed E-state index contributed by atoms with van der Waals surface area (Å²) in [6, 6.07) is 0. The lowest BCUT2D eigenvalue weighted by molar-refractivity contribution is 0.119. The summed E-state index contributed by atoms with van der Waals surface area (Å²) < 4.78 is 35.7. The van der Waals surface area contributed by atoms with E-state index in [1.165, 1.54) is 11.1 Å². The Kier molecular flexibility index (Phi) is 10.1. The third kappa shape index (κ3) is 7.77. The highest BCUT2D eigenvalue weighted by Gasteiger charge is 2.11. The molecule has 0 aliphatic rings. The Morgan fingerprint density at radius 3 is 2.37 bits per heavy atom. The smallest absolute Gasteiger partial charge is 0.257 e. The summed E-state index contributed by atoms with van der Waals surface area (Å²) >= 11 is 0. The molecule has 1 aromatic rings. The standard InChI is InChI=1S/C10H16F2N2O2.C3H8/c1-3-8-6-14(7-9(11)12)13-10(8)16-5-4-15-2;1-3-2/h6,9H,3-5,7H2,1-2H3;3H2,1-2H3. The molecule has 0 aliphatic carbocycles. The van der Waals surface area contributed by atoms with Gasteiger partial charge in [0.1, 0.15) is 13.2 Å². The second kappa shape index (κ2) is 10.7. The molecule has 0 N–H and O–H groups in total. The minimum absolute atomic E-state index is 0.370. The summed E-state index contributed by atoms with van der Waals surface area (Å²) in [7, 11) is 1.57. The van der Waals surface area contributed by atoms with E-state index in [0.717, 1.165) is 5.56 Å². The minimum atomic E-state index is -2.41. The van der Waals surface area contributed by atoms with Crippen molar-refractivity contribution in [1.82, 2.24) is 9.78 Å². The fourth-order valence-electron chi connectivity index (χ4n) is 1.27. The molecule has 6 heteroatoms. The second-order valence-electron chi connectivity index (χ2n) is 3.97. The predicted octanol–water partition coefficient (Wildman–Crippen LogP) is 3.15. The number of aryl methyl sites for hydroxylation is 1. The normalized spacial score (nSPS) is 10.3. The first kappa shape index (κ1) is 17.8. The van der Waals surface area contributed by atoms with Crippen LogP contribution in [-0.4, -0.2) is 36.5 Å². The van der Waals surface area contributed by atoms with Crippen LogP contribution in [0.25, 0.3) is 0 Å². The molecule has 0 aromatic carbocycles. The van der Waals surface area contributed by atoms with Crippen molar-refractivity contribution in [3.63, 3.8) is 0 Å². The predicted molar refractivity (Wildman–Crippen MR) is 70.9 cm³/mol. The van der Waals surface area contributed by atoms with E-state index in [1.54, 1.807) is 13.3 Å². The van der Waals surface area contributed by atoms with E-state index in [1.807, 2.05) is 6.92 Å². The molecule has 0 aliphatic heterocycles. The zero-order valence-electron chi connectivity index (χ0n) is 12.2. The van der Waals surface area contributed by atoms with Gasteiger partial charge in [-0.2, -0.15) is 0 Å². The third-order valence-corrected chi connectivity index (χ3v) is 2.03. The topological polar surface area (TPSA) is 36.3 Å². The molecule has 0 radical (unpaired) electrons. The molecule has 1 aromatic heterocycles. The maximum Gasteiger partial charge on any atom is 0.257 e. The highest BCUT2D eigenvalue weighted by Crippen LogP contribution is 2.17. The summed E-state index contributed by atoms with van der Waals surface area (Å²) in [5.74, 6) is 0.417. The Balaban J connectivity index is 0.000000982. The van der Waals surface area contributed by atoms with Crippen molar-refractivity contribution in [2.75, 3.05) is 20.3 Å². The zero-order chi connectivity index (χ0) is 14.7. The van der Waals surface area contributed by atoms with Crippen molar-refractivity contribution < 1.29 is 18.3 Å². The van der Waals surface area contributed by atoms with Gasteiger partial charge in [-0.3, -0.25) is 4.68 Å². The van der Waals surface area contributed by atoms with Crippen molar-refractivity contribution >= 4 is 0 Å². The molecule has 1 heterocycles. The number of alkyl halides is 2. The first-order valence-electron chi connectivity index (χ1n) is 6.55. The van der Waals surface area contributed by atoms with E-state index < -0.39 is 13.0 Å². The molecular weight excluding hydrogens is 254 g/mol. The number of hydrogen-bond acceptors (Lipinski definition) is 3. The van der Waals surface area contributed by atoms with Gasteiger partial charge in [0.05, 0.1) is 6.61 Å². The third-order valence-electron chi connectivity index (χ3n) is 2.03. The van der Waals surface area contributed by atoms with Crippen LogP contribution in [0.5, 0.6) is 5.88 Å². The van der Waals surface area contributed by atoms with Crippen LogP contribution >= 0.6 is 0 Å². The molecule has 0 saturated heterocycles. The summed E-state index contributed by atoms with van der Waals surface area (Å²) in [4.78, 5) is 0. The molecule has 1 rings (SSSR count). The molecule has 19 heavy (non-hydrogen) atoms. The average Bonchev–Trinajstić information content (AvgIpc) is 2.72. The fraction of sp³-hybridized carbons (Fsp3) is 0.769. The zero-order valence-corrected chi connectivity index (χ0v) is 12.2. The van der Waals surface area contributed by atoms with Crippen LogP contribution in [0.3, 0.4) is 0 Å². The van der Waals surface area contributed by atoms with Crippen LogP contribution in [-0.2, 0) is 17.7 Å². The van der Waals surface area contributed by atoms with Gasteiger partial charge < -0.3 is 9.47 Å². The maximum absolute atomic E-state index is 12.2. The van der Waals surface area contributed by atoms with Gasteiger partial charge in [0.25, 0.3) is 6.43 Å². The number of halogens is 2. The van der Waals surface area contributed by atoms with E-state index >= 15 is 0 Å². The molecule has 0 spiro atoms. The number of aromatic nitrogens is 2. The van der Waals surface area contributed by atoms with Gasteiger partial charge in [-0.25, -0.2) is 8.78 Å². The molecule has 112 valence electrons. The number of nitrogens with zero attached hydrogens (tertiary/aromatic N) is 2. The molecule has 0 saturated carbocycles. The lowest BCUT2D eigenvalue weighted by atomic mass is 10.3. The van der Waals surface area contributed by atoms with Crippen LogP contribution in [0.15, 0.2) is 6.20 Å². The Labute approximate surface area is 113 Å². The Morgan fingerprint density at radius 2 is 1.89 bits per heavy atom. The van der Waals surface area contributed by atoms with Gasteiger partial charge in [-0.15, -0.1) is 5.10 Å². The van der Waals surface area contributed by atoms with Crippen LogP contribution in [0.1, 0.15) is 32.8 Å². The van der Waals surface area contributed by atoms with Crippen LogP contribution in [0.2, 0.25) is 0 Å². The quantitative estimate of drug-likeness (QED) is 0.719. The van der Waals surface area contributed by atoms with Gasteiger partial charge >= 0.3 is 0 Å². The van der Waals surface area contributed by atoms with Gasteiger partial charge in [-0.1, -0.05) is 27.2 Å². The fourth-order valence-corrected chi connectivity index (χ4v) is 1.27. The molecule has 0 fully saturated rings. The van der Waals surface area contributed by atoms with E-state index in [2.05, 4.69) is 18.9 Å². The van der Waals surface area contributed by atoms with Crippen molar-refractivity contribution in [2.24, 2.45) is 0 Å². The lowest BCUT2D eigenvalue weighted by Crippen LogP contribution is -2.08. The Morgan fingerprint density at radius 1 is 1.26 bits per heavy atom. The maximum atomic E-state index is 12.2. The monoisotopic (exact) mass is 278 g/mol. The van der Waals surface area contributed by atoms with Gasteiger partial charge in [-0.05, 0) is 6.42 Å². The van der Waals surface area contributed by atoms with Crippen molar-refractivity contribution in [3.05, 3.63) is 11.8 Å². The van der Waals surface area contributed by atoms with E-state index in [4.69, 9.17) is 9.47 Å². The number of hydrogen-bond donors (Lipinski definition) is 0.